The van der Waals surface area contributed by atoms with Crippen LogP contribution in [0.1, 0.15) is 63.0 Å². The van der Waals surface area contributed by atoms with Crippen molar-refractivity contribution in [2.45, 2.75) is 64.2 Å². The van der Waals surface area contributed by atoms with Gasteiger partial charge in [0.25, 0.3) is 0 Å². The zero-order chi connectivity index (χ0) is 17.4. The number of hydrogen-bond acceptors (Lipinski definition) is 4. The zero-order valence-electron chi connectivity index (χ0n) is 14.8. The van der Waals surface area contributed by atoms with Crippen molar-refractivity contribution in [1.29, 1.82) is 0 Å². The van der Waals surface area contributed by atoms with Crippen LogP contribution in [0.25, 0.3) is 0 Å². The molecule has 0 unspecified atom stereocenters. The molecule has 132 valence electrons. The molecule has 0 bridgehead atoms. The van der Waals surface area contributed by atoms with Gasteiger partial charge >= 0.3 is 11.9 Å². The first-order valence-corrected chi connectivity index (χ1v) is 8.89. The summed E-state index contributed by atoms with van der Waals surface area (Å²) < 4.78 is 10.2. The van der Waals surface area contributed by atoms with Crippen molar-refractivity contribution in [2.24, 2.45) is 0 Å². The number of aryl methyl sites for hydroxylation is 1. The van der Waals surface area contributed by atoms with Crippen LogP contribution < -0.4 is 0 Å². The SMILES string of the molecule is Cc1ccccc1C1(C)CCCCOC(=O)CC(=O)OCCCC1. The highest BCUT2D eigenvalue weighted by molar-refractivity contribution is 5.91. The third kappa shape index (κ3) is 5.36. The molecule has 0 radical (unpaired) electrons. The van der Waals surface area contributed by atoms with Gasteiger partial charge in [0, 0.05) is 0 Å². The molecule has 1 aliphatic heterocycles. The summed E-state index contributed by atoms with van der Waals surface area (Å²) in [6.45, 7) is 5.22. The summed E-state index contributed by atoms with van der Waals surface area (Å²) in [4.78, 5) is 23.1. The Hall–Kier alpha value is -1.84. The monoisotopic (exact) mass is 332 g/mol. The van der Waals surface area contributed by atoms with Crippen LogP contribution in [-0.4, -0.2) is 25.2 Å². The Morgan fingerprint density at radius 3 is 1.96 bits per heavy atom. The molecule has 24 heavy (non-hydrogen) atoms. The Morgan fingerprint density at radius 2 is 1.42 bits per heavy atom. The third-order valence-corrected chi connectivity index (χ3v) is 4.86. The van der Waals surface area contributed by atoms with E-state index in [1.807, 2.05) is 0 Å². The van der Waals surface area contributed by atoms with Crippen LogP contribution in [0.15, 0.2) is 24.3 Å². The lowest BCUT2D eigenvalue weighted by molar-refractivity contribution is -0.154. The number of benzene rings is 1. The van der Waals surface area contributed by atoms with Gasteiger partial charge in [-0.15, -0.1) is 0 Å². The van der Waals surface area contributed by atoms with Gasteiger partial charge in [-0.1, -0.05) is 31.2 Å². The second-order valence-corrected chi connectivity index (χ2v) is 6.91. The van der Waals surface area contributed by atoms with Gasteiger partial charge in [0.1, 0.15) is 6.42 Å². The average Bonchev–Trinajstić information content (AvgIpc) is 2.54. The van der Waals surface area contributed by atoms with Crippen LogP contribution >= 0.6 is 0 Å². The van der Waals surface area contributed by atoms with E-state index >= 15 is 0 Å². The Bertz CT molecular complexity index is 541. The number of esters is 2. The predicted molar refractivity (Wildman–Crippen MR) is 92.8 cm³/mol. The van der Waals surface area contributed by atoms with Crippen molar-refractivity contribution >= 4 is 11.9 Å². The van der Waals surface area contributed by atoms with Crippen LogP contribution in [-0.2, 0) is 24.5 Å². The Kier molecular flexibility index (Phi) is 6.83. The van der Waals surface area contributed by atoms with E-state index in [4.69, 9.17) is 9.47 Å². The third-order valence-electron chi connectivity index (χ3n) is 4.86. The van der Waals surface area contributed by atoms with E-state index in [1.54, 1.807) is 0 Å². The highest BCUT2D eigenvalue weighted by Gasteiger charge is 2.27. The summed E-state index contributed by atoms with van der Waals surface area (Å²) in [5.74, 6) is -0.975. The molecular formula is C20H28O4. The highest BCUT2D eigenvalue weighted by atomic mass is 16.6. The largest absolute Gasteiger partial charge is 0.465 e. The lowest BCUT2D eigenvalue weighted by Crippen LogP contribution is -2.24. The standard InChI is InChI=1S/C20H28O4/c1-16-9-3-4-10-17(16)20(2)11-5-7-13-23-18(21)15-19(22)24-14-8-6-12-20/h3-4,9-10H,5-8,11-15H2,1-2H3. The second kappa shape index (κ2) is 8.86. The van der Waals surface area contributed by atoms with Crippen molar-refractivity contribution in [2.75, 3.05) is 13.2 Å². The fraction of sp³-hybridized carbons (Fsp3) is 0.600. The van der Waals surface area contributed by atoms with Gasteiger partial charge in [0.15, 0.2) is 0 Å². The van der Waals surface area contributed by atoms with Crippen LogP contribution in [0, 0.1) is 6.92 Å². The summed E-state index contributed by atoms with van der Waals surface area (Å²) in [5.41, 5.74) is 2.81. The molecule has 1 saturated heterocycles. The van der Waals surface area contributed by atoms with Crippen molar-refractivity contribution in [1.82, 2.24) is 0 Å². The molecule has 1 aromatic rings. The maximum Gasteiger partial charge on any atom is 0.317 e. The number of cyclic esters (lactones) is 2. The fourth-order valence-corrected chi connectivity index (χ4v) is 3.47. The van der Waals surface area contributed by atoms with Crippen molar-refractivity contribution in [3.05, 3.63) is 35.4 Å². The molecule has 0 amide bonds. The van der Waals surface area contributed by atoms with Crippen molar-refractivity contribution < 1.29 is 19.1 Å². The van der Waals surface area contributed by atoms with Crippen LogP contribution in [0.5, 0.6) is 0 Å². The first kappa shape index (κ1) is 18.5. The Labute approximate surface area is 144 Å². The second-order valence-electron chi connectivity index (χ2n) is 6.91. The van der Waals surface area contributed by atoms with E-state index in [0.717, 1.165) is 38.5 Å². The lowest BCUT2D eigenvalue weighted by atomic mass is 9.73. The molecule has 0 saturated carbocycles. The molecule has 2 rings (SSSR count). The van der Waals surface area contributed by atoms with Crippen LogP contribution in [0.2, 0.25) is 0 Å². The highest BCUT2D eigenvalue weighted by Crippen LogP contribution is 2.36. The molecular weight excluding hydrogens is 304 g/mol. The molecule has 0 aliphatic carbocycles. The smallest absolute Gasteiger partial charge is 0.317 e. The Balaban J connectivity index is 2.07. The molecule has 0 aromatic heterocycles. The average molecular weight is 332 g/mol. The first-order chi connectivity index (χ1) is 11.5. The zero-order valence-corrected chi connectivity index (χ0v) is 14.8. The minimum absolute atomic E-state index is 0.101. The van der Waals surface area contributed by atoms with Gasteiger partial charge < -0.3 is 9.47 Å². The minimum Gasteiger partial charge on any atom is -0.465 e. The minimum atomic E-state index is -0.487. The first-order valence-electron chi connectivity index (χ1n) is 8.89. The maximum atomic E-state index is 11.5. The van der Waals surface area contributed by atoms with Gasteiger partial charge in [-0.2, -0.15) is 0 Å². The number of hydrogen-bond donors (Lipinski definition) is 0. The van der Waals surface area contributed by atoms with E-state index in [-0.39, 0.29) is 11.8 Å². The van der Waals surface area contributed by atoms with Gasteiger partial charge in [-0.05, 0) is 62.0 Å². The summed E-state index contributed by atoms with van der Waals surface area (Å²) in [6, 6.07) is 8.56. The van der Waals surface area contributed by atoms with Crippen LogP contribution in [0.4, 0.5) is 0 Å². The predicted octanol–water partition coefficient (Wildman–Crippen LogP) is 4.08. The molecule has 4 heteroatoms. The van der Waals surface area contributed by atoms with Crippen LogP contribution in [0.3, 0.4) is 0 Å². The van der Waals surface area contributed by atoms with E-state index in [0.29, 0.717) is 13.2 Å². The molecule has 1 fully saturated rings. The van der Waals surface area contributed by atoms with E-state index in [2.05, 4.69) is 38.1 Å². The van der Waals surface area contributed by atoms with Crippen molar-refractivity contribution in [3.63, 3.8) is 0 Å². The van der Waals surface area contributed by atoms with E-state index in [9.17, 15) is 9.59 Å². The van der Waals surface area contributed by atoms with E-state index < -0.39 is 11.9 Å². The van der Waals surface area contributed by atoms with Gasteiger partial charge in [0.05, 0.1) is 13.2 Å². The summed E-state index contributed by atoms with van der Waals surface area (Å²) in [5, 5.41) is 0. The van der Waals surface area contributed by atoms with Gasteiger partial charge in [-0.25, -0.2) is 0 Å². The molecule has 1 aromatic carbocycles. The number of ether oxygens (including phenoxy) is 2. The van der Waals surface area contributed by atoms with Gasteiger partial charge in [0.2, 0.25) is 0 Å². The molecule has 0 spiro atoms. The fourth-order valence-electron chi connectivity index (χ4n) is 3.47. The summed E-state index contributed by atoms with van der Waals surface area (Å²) in [6.07, 6.45) is 5.50. The van der Waals surface area contributed by atoms with Crippen molar-refractivity contribution in [3.8, 4) is 0 Å². The molecule has 4 nitrogen and oxygen atoms in total. The molecule has 1 aliphatic rings. The molecule has 0 N–H and O–H groups in total. The number of carbonyl (C=O) groups is 2. The number of carbonyl (C=O) groups excluding carboxylic acids is 2. The topological polar surface area (TPSA) is 52.6 Å². The normalized spacial score (nSPS) is 20.6. The summed E-state index contributed by atoms with van der Waals surface area (Å²) in [7, 11) is 0. The Morgan fingerprint density at radius 1 is 0.875 bits per heavy atom. The van der Waals surface area contributed by atoms with E-state index in [1.165, 1.54) is 11.1 Å². The lowest BCUT2D eigenvalue weighted by Gasteiger charge is -2.32. The number of rotatable bonds is 1. The quantitative estimate of drug-likeness (QED) is 0.574. The molecule has 0 atom stereocenters. The van der Waals surface area contributed by atoms with Gasteiger partial charge in [-0.3, -0.25) is 9.59 Å². The maximum absolute atomic E-state index is 11.5. The molecule has 1 heterocycles. The summed E-state index contributed by atoms with van der Waals surface area (Å²) >= 11 is 0.